The molecule has 0 atom stereocenters. The highest BCUT2D eigenvalue weighted by molar-refractivity contribution is 5.97. The Morgan fingerprint density at radius 3 is 2.59 bits per heavy atom. The topological polar surface area (TPSA) is 43.0 Å². The molecule has 0 spiro atoms. The third kappa shape index (κ3) is 3.78. The van der Waals surface area contributed by atoms with E-state index in [9.17, 15) is 4.39 Å². The van der Waals surface area contributed by atoms with Crippen LogP contribution in [0.5, 0.6) is 11.5 Å². The van der Waals surface area contributed by atoms with E-state index in [0.29, 0.717) is 12.3 Å². The van der Waals surface area contributed by atoms with E-state index in [0.717, 1.165) is 45.1 Å². The second-order valence-electron chi connectivity index (χ2n) is 9.32. The van der Waals surface area contributed by atoms with Crippen molar-refractivity contribution in [1.82, 2.24) is 0 Å². The molecule has 0 saturated heterocycles. The van der Waals surface area contributed by atoms with Crippen molar-refractivity contribution in [3.05, 3.63) is 77.1 Å². The number of methoxy groups -OCH3 is 2. The van der Waals surface area contributed by atoms with Crippen LogP contribution >= 0.6 is 0 Å². The standard InChI is InChI=1S/C28H29FN2O3/c1-17-6-7-18(29)12-24(17)31-15-22-20(10-11-23-27(22)25(31)14-28(2,3)30-23)21-9-8-19(34-16-32-4)13-26(21)33-5/h6-14,30H,15-16H2,1-5H3. The molecule has 6 heteroatoms. The molecule has 2 aliphatic rings. The summed E-state index contributed by atoms with van der Waals surface area (Å²) in [6.45, 7) is 7.12. The van der Waals surface area contributed by atoms with E-state index in [1.165, 1.54) is 11.6 Å². The molecule has 1 N–H and O–H groups in total. The lowest BCUT2D eigenvalue weighted by Crippen LogP contribution is -2.33. The summed E-state index contributed by atoms with van der Waals surface area (Å²) in [4.78, 5) is 2.22. The predicted molar refractivity (Wildman–Crippen MR) is 134 cm³/mol. The summed E-state index contributed by atoms with van der Waals surface area (Å²) in [6.07, 6.45) is 2.23. The Balaban J connectivity index is 1.67. The first-order valence-electron chi connectivity index (χ1n) is 11.3. The van der Waals surface area contributed by atoms with Gasteiger partial charge in [-0.1, -0.05) is 12.1 Å². The van der Waals surface area contributed by atoms with Gasteiger partial charge in [-0.2, -0.15) is 0 Å². The molecular formula is C28H29FN2O3. The van der Waals surface area contributed by atoms with Crippen LogP contribution < -0.4 is 19.7 Å². The lowest BCUT2D eigenvalue weighted by Gasteiger charge is -2.33. The molecule has 0 saturated carbocycles. The highest BCUT2D eigenvalue weighted by Crippen LogP contribution is 2.50. The van der Waals surface area contributed by atoms with Crippen LogP contribution in [0.15, 0.2) is 54.6 Å². The fraction of sp³-hybridized carbons (Fsp3) is 0.286. The maximum atomic E-state index is 14.3. The molecule has 3 aromatic carbocycles. The average Bonchev–Trinajstić information content (AvgIpc) is 3.18. The summed E-state index contributed by atoms with van der Waals surface area (Å²) < 4.78 is 30.6. The Kier molecular flexibility index (Phi) is 5.48. The van der Waals surface area contributed by atoms with Crippen molar-refractivity contribution < 1.29 is 18.6 Å². The van der Waals surface area contributed by atoms with Gasteiger partial charge in [0.05, 0.1) is 12.6 Å². The van der Waals surface area contributed by atoms with Crippen LogP contribution in [0.25, 0.3) is 16.8 Å². The van der Waals surface area contributed by atoms with E-state index < -0.39 is 0 Å². The molecule has 0 fully saturated rings. The number of halogens is 1. The lowest BCUT2D eigenvalue weighted by atomic mass is 9.89. The molecule has 3 aromatic rings. The number of nitrogens with zero attached hydrogens (tertiary/aromatic N) is 1. The van der Waals surface area contributed by atoms with Crippen molar-refractivity contribution in [2.24, 2.45) is 0 Å². The summed E-state index contributed by atoms with van der Waals surface area (Å²) in [5.41, 5.74) is 8.26. The Morgan fingerprint density at radius 2 is 1.82 bits per heavy atom. The van der Waals surface area contributed by atoms with Crippen molar-refractivity contribution in [1.29, 1.82) is 0 Å². The second-order valence-corrected chi connectivity index (χ2v) is 9.32. The molecule has 2 aliphatic heterocycles. The van der Waals surface area contributed by atoms with Crippen molar-refractivity contribution in [3.63, 3.8) is 0 Å². The van der Waals surface area contributed by atoms with Crippen LogP contribution in [0.1, 0.15) is 30.5 Å². The van der Waals surface area contributed by atoms with Gasteiger partial charge >= 0.3 is 0 Å². The monoisotopic (exact) mass is 460 g/mol. The van der Waals surface area contributed by atoms with Crippen molar-refractivity contribution in [3.8, 4) is 22.6 Å². The molecule has 2 heterocycles. The molecule has 5 nitrogen and oxygen atoms in total. The Hall–Kier alpha value is -3.51. The molecule has 0 unspecified atom stereocenters. The van der Waals surface area contributed by atoms with E-state index in [1.54, 1.807) is 20.3 Å². The zero-order valence-corrected chi connectivity index (χ0v) is 20.2. The van der Waals surface area contributed by atoms with Crippen molar-refractivity contribution in [2.45, 2.75) is 32.9 Å². The number of ether oxygens (including phenoxy) is 3. The van der Waals surface area contributed by atoms with E-state index in [1.807, 2.05) is 31.2 Å². The predicted octanol–water partition coefficient (Wildman–Crippen LogP) is 6.36. The van der Waals surface area contributed by atoms with Gasteiger partial charge < -0.3 is 24.4 Å². The van der Waals surface area contributed by atoms with Gasteiger partial charge in [-0.15, -0.1) is 0 Å². The molecular weight excluding hydrogens is 431 g/mol. The minimum atomic E-state index is -0.237. The average molecular weight is 461 g/mol. The minimum absolute atomic E-state index is 0.171. The van der Waals surface area contributed by atoms with Gasteiger partial charge in [0.15, 0.2) is 6.79 Å². The van der Waals surface area contributed by atoms with Gasteiger partial charge in [0, 0.05) is 47.9 Å². The second kappa shape index (κ2) is 8.37. The lowest BCUT2D eigenvalue weighted by molar-refractivity contribution is 0.0510. The number of anilines is 2. The summed E-state index contributed by atoms with van der Waals surface area (Å²) in [5.74, 6) is 1.16. The quantitative estimate of drug-likeness (QED) is 0.434. The summed E-state index contributed by atoms with van der Waals surface area (Å²) >= 11 is 0. The number of hydrogen-bond acceptors (Lipinski definition) is 5. The van der Waals surface area contributed by atoms with Crippen LogP contribution in [0.3, 0.4) is 0 Å². The highest BCUT2D eigenvalue weighted by atomic mass is 19.1. The molecule has 176 valence electrons. The van der Waals surface area contributed by atoms with Crippen molar-refractivity contribution >= 4 is 17.1 Å². The zero-order chi connectivity index (χ0) is 24.0. The normalized spacial score (nSPS) is 15.5. The van der Waals surface area contributed by atoms with E-state index >= 15 is 0 Å². The number of nitrogens with one attached hydrogen (secondary N) is 1. The summed E-state index contributed by atoms with van der Waals surface area (Å²) in [6, 6.07) is 15.0. The van der Waals surface area contributed by atoms with E-state index in [-0.39, 0.29) is 18.1 Å². The first kappa shape index (κ1) is 22.3. The number of hydrogen-bond donors (Lipinski definition) is 1. The van der Waals surface area contributed by atoms with Crippen LogP contribution in [-0.4, -0.2) is 26.6 Å². The molecule has 0 amide bonds. The van der Waals surface area contributed by atoms with Gasteiger partial charge in [-0.3, -0.25) is 0 Å². The molecule has 34 heavy (non-hydrogen) atoms. The third-order valence-corrected chi connectivity index (χ3v) is 6.40. The van der Waals surface area contributed by atoms with Gasteiger partial charge in [0.25, 0.3) is 0 Å². The maximum absolute atomic E-state index is 14.3. The van der Waals surface area contributed by atoms with Gasteiger partial charge in [-0.25, -0.2) is 4.39 Å². The minimum Gasteiger partial charge on any atom is -0.496 e. The highest BCUT2D eigenvalue weighted by Gasteiger charge is 2.37. The third-order valence-electron chi connectivity index (χ3n) is 6.40. The molecule has 0 aliphatic carbocycles. The first-order valence-corrected chi connectivity index (χ1v) is 11.3. The van der Waals surface area contributed by atoms with E-state index in [2.05, 4.69) is 42.3 Å². The Bertz CT molecular complexity index is 1300. The van der Waals surface area contributed by atoms with Gasteiger partial charge in [0.2, 0.25) is 0 Å². The maximum Gasteiger partial charge on any atom is 0.188 e. The van der Waals surface area contributed by atoms with Crippen LogP contribution in [0, 0.1) is 12.7 Å². The van der Waals surface area contributed by atoms with Crippen LogP contribution in [0.2, 0.25) is 0 Å². The Labute approximate surface area is 199 Å². The molecule has 5 rings (SSSR count). The SMILES string of the molecule is COCOc1ccc(-c2ccc3c4c2CN(c2cc(F)ccc2C)C4=CC(C)(C)N3)c(OC)c1. The largest absolute Gasteiger partial charge is 0.496 e. The van der Waals surface area contributed by atoms with Crippen LogP contribution in [-0.2, 0) is 11.3 Å². The van der Waals surface area contributed by atoms with E-state index in [4.69, 9.17) is 14.2 Å². The Morgan fingerprint density at radius 1 is 1.03 bits per heavy atom. The zero-order valence-electron chi connectivity index (χ0n) is 20.2. The first-order chi connectivity index (χ1) is 16.3. The fourth-order valence-corrected chi connectivity index (χ4v) is 4.91. The summed E-state index contributed by atoms with van der Waals surface area (Å²) in [7, 11) is 3.25. The fourth-order valence-electron chi connectivity index (χ4n) is 4.91. The summed E-state index contributed by atoms with van der Waals surface area (Å²) in [5, 5.41) is 3.64. The number of aryl methyl sites for hydroxylation is 1. The molecule has 0 aromatic heterocycles. The smallest absolute Gasteiger partial charge is 0.188 e. The van der Waals surface area contributed by atoms with Crippen molar-refractivity contribution in [2.75, 3.05) is 31.2 Å². The number of benzene rings is 3. The van der Waals surface area contributed by atoms with Gasteiger partial charge in [-0.05, 0) is 73.9 Å². The van der Waals surface area contributed by atoms with Crippen LogP contribution in [0.4, 0.5) is 15.8 Å². The molecule has 0 bridgehead atoms. The number of rotatable bonds is 6. The van der Waals surface area contributed by atoms with Gasteiger partial charge in [0.1, 0.15) is 17.3 Å². The molecule has 0 radical (unpaired) electrons.